The Morgan fingerprint density at radius 1 is 0.897 bits per heavy atom. The van der Waals surface area contributed by atoms with Crippen molar-refractivity contribution >= 4 is 0 Å². The summed E-state index contributed by atoms with van der Waals surface area (Å²) in [6.07, 6.45) is 14.0. The van der Waals surface area contributed by atoms with E-state index in [1.54, 1.807) is 4.68 Å². The molecule has 1 aliphatic heterocycles. The van der Waals surface area contributed by atoms with Gasteiger partial charge in [-0.2, -0.15) is 10.2 Å². The summed E-state index contributed by atoms with van der Waals surface area (Å²) in [7, 11) is 1.92. The van der Waals surface area contributed by atoms with Crippen LogP contribution < -0.4 is 5.32 Å². The minimum atomic E-state index is 0.424. The van der Waals surface area contributed by atoms with Gasteiger partial charge in [-0.15, -0.1) is 0 Å². The van der Waals surface area contributed by atoms with Gasteiger partial charge in [0.2, 0.25) is 0 Å². The second-order valence-electron chi connectivity index (χ2n) is 7.49. The van der Waals surface area contributed by atoms with Crippen molar-refractivity contribution in [2.75, 3.05) is 13.1 Å². The molecule has 0 bridgehead atoms. The van der Waals surface area contributed by atoms with Crippen LogP contribution in [0, 0.1) is 0 Å². The number of nitrogens with one attached hydrogen (secondary N) is 1. The Labute approximate surface area is 169 Å². The van der Waals surface area contributed by atoms with E-state index in [0.717, 1.165) is 47.3 Å². The first-order valence-electron chi connectivity index (χ1n) is 9.93. The van der Waals surface area contributed by atoms with Gasteiger partial charge >= 0.3 is 0 Å². The number of aryl methyl sites for hydroxylation is 1. The van der Waals surface area contributed by atoms with Crippen LogP contribution in [0.3, 0.4) is 0 Å². The molecule has 1 saturated heterocycles. The van der Waals surface area contributed by atoms with Crippen molar-refractivity contribution in [3.05, 3.63) is 61.4 Å². The molecule has 4 heterocycles. The minimum Gasteiger partial charge on any atom is -0.315 e. The van der Waals surface area contributed by atoms with Crippen LogP contribution in [-0.4, -0.2) is 42.6 Å². The summed E-state index contributed by atoms with van der Waals surface area (Å²) in [4.78, 5) is 9.21. The van der Waals surface area contributed by atoms with Crippen molar-refractivity contribution in [2.45, 2.75) is 18.9 Å². The number of hydrogen-bond donors (Lipinski definition) is 1. The third kappa shape index (κ3) is 3.69. The summed E-state index contributed by atoms with van der Waals surface area (Å²) >= 11 is 0. The summed E-state index contributed by atoms with van der Waals surface area (Å²) in [5.41, 5.74) is 5.20. The molecule has 7 heteroatoms. The Kier molecular flexibility index (Phi) is 4.65. The average Bonchev–Trinajstić information content (AvgIpc) is 3.44. The van der Waals surface area contributed by atoms with Crippen LogP contribution in [0.1, 0.15) is 18.9 Å². The summed E-state index contributed by atoms with van der Waals surface area (Å²) in [6.45, 7) is 2.08. The van der Waals surface area contributed by atoms with E-state index in [9.17, 15) is 0 Å². The highest BCUT2D eigenvalue weighted by Crippen LogP contribution is 2.26. The van der Waals surface area contributed by atoms with Gasteiger partial charge < -0.3 is 5.32 Å². The molecule has 1 atom stereocenters. The highest BCUT2D eigenvalue weighted by atomic mass is 15.3. The van der Waals surface area contributed by atoms with Crippen LogP contribution in [0.2, 0.25) is 0 Å². The lowest BCUT2D eigenvalue weighted by Gasteiger charge is -2.22. The van der Waals surface area contributed by atoms with E-state index in [-0.39, 0.29) is 0 Å². The first kappa shape index (κ1) is 17.8. The van der Waals surface area contributed by atoms with Crippen molar-refractivity contribution in [1.82, 2.24) is 34.8 Å². The van der Waals surface area contributed by atoms with Crippen molar-refractivity contribution in [3.8, 4) is 33.6 Å². The van der Waals surface area contributed by atoms with Crippen molar-refractivity contribution in [3.63, 3.8) is 0 Å². The van der Waals surface area contributed by atoms with Gasteiger partial charge in [0.05, 0.1) is 18.4 Å². The molecule has 7 nitrogen and oxygen atoms in total. The fourth-order valence-corrected chi connectivity index (χ4v) is 3.78. The maximum absolute atomic E-state index is 4.61. The Morgan fingerprint density at radius 3 is 2.45 bits per heavy atom. The van der Waals surface area contributed by atoms with E-state index >= 15 is 0 Å². The predicted octanol–water partition coefficient (Wildman–Crippen LogP) is 3.33. The molecular formula is C22H23N7. The molecule has 1 N–H and O–H groups in total. The van der Waals surface area contributed by atoms with E-state index in [1.165, 1.54) is 6.42 Å². The van der Waals surface area contributed by atoms with Crippen LogP contribution in [0.25, 0.3) is 33.6 Å². The second-order valence-corrected chi connectivity index (χ2v) is 7.49. The molecule has 5 rings (SSSR count). The van der Waals surface area contributed by atoms with E-state index in [2.05, 4.69) is 48.5 Å². The average molecular weight is 385 g/mol. The van der Waals surface area contributed by atoms with Crippen molar-refractivity contribution < 1.29 is 0 Å². The normalized spacial score (nSPS) is 16.8. The molecule has 0 aliphatic carbocycles. The summed E-state index contributed by atoms with van der Waals surface area (Å²) in [5, 5.41) is 12.2. The molecule has 0 amide bonds. The van der Waals surface area contributed by atoms with Crippen molar-refractivity contribution in [2.24, 2.45) is 7.05 Å². The van der Waals surface area contributed by atoms with E-state index < -0.39 is 0 Å². The highest BCUT2D eigenvalue weighted by molar-refractivity contribution is 5.70. The first-order valence-corrected chi connectivity index (χ1v) is 9.93. The van der Waals surface area contributed by atoms with Crippen LogP contribution in [-0.2, 0) is 7.05 Å². The quantitative estimate of drug-likeness (QED) is 0.583. The Hall–Kier alpha value is -3.32. The van der Waals surface area contributed by atoms with Crippen molar-refractivity contribution in [1.29, 1.82) is 0 Å². The molecule has 1 fully saturated rings. The lowest BCUT2D eigenvalue weighted by molar-refractivity contribution is 0.347. The maximum Gasteiger partial charge on any atom is 0.159 e. The molecular weight excluding hydrogens is 362 g/mol. The molecule has 0 radical (unpaired) electrons. The maximum atomic E-state index is 4.61. The SMILES string of the molecule is Cn1cc(-c2cccc(-c3ncc(-c4cnn([C@H]5CCCNC5)c4)cn3)c2)cn1. The predicted molar refractivity (Wildman–Crippen MR) is 112 cm³/mol. The van der Waals surface area contributed by atoms with Crippen LogP contribution in [0.15, 0.2) is 61.4 Å². The fourth-order valence-electron chi connectivity index (χ4n) is 3.78. The van der Waals surface area contributed by atoms with E-state index in [1.807, 2.05) is 50.2 Å². The number of rotatable bonds is 4. The van der Waals surface area contributed by atoms with E-state index in [0.29, 0.717) is 11.9 Å². The first-order chi connectivity index (χ1) is 14.3. The van der Waals surface area contributed by atoms with Crippen LogP contribution in [0.5, 0.6) is 0 Å². The standard InChI is InChI=1S/C22H23N7/c1-28-14-19(11-26-28)16-4-2-5-17(8-16)22-24-9-18(10-25-22)20-12-27-29(15-20)21-6-3-7-23-13-21/h2,4-5,8-12,14-15,21,23H,3,6-7,13H2,1H3/t21-/m0/s1. The molecule has 146 valence electrons. The number of hydrogen-bond acceptors (Lipinski definition) is 5. The molecule has 29 heavy (non-hydrogen) atoms. The van der Waals surface area contributed by atoms with Crippen LogP contribution >= 0.6 is 0 Å². The Morgan fingerprint density at radius 2 is 1.69 bits per heavy atom. The van der Waals surface area contributed by atoms with Gasteiger partial charge in [0.15, 0.2) is 5.82 Å². The third-order valence-corrected chi connectivity index (χ3v) is 5.39. The van der Waals surface area contributed by atoms with E-state index in [4.69, 9.17) is 0 Å². The van der Waals surface area contributed by atoms with Gasteiger partial charge in [0, 0.05) is 60.6 Å². The molecule has 1 aromatic carbocycles. The fraction of sp³-hybridized carbons (Fsp3) is 0.273. The number of nitrogens with zero attached hydrogens (tertiary/aromatic N) is 6. The third-order valence-electron chi connectivity index (χ3n) is 5.39. The molecule has 1 aliphatic rings. The van der Waals surface area contributed by atoms with Gasteiger partial charge in [-0.25, -0.2) is 9.97 Å². The smallest absolute Gasteiger partial charge is 0.159 e. The number of piperidine rings is 1. The molecule has 3 aromatic heterocycles. The topological polar surface area (TPSA) is 73.5 Å². The Bertz CT molecular complexity index is 1100. The van der Waals surface area contributed by atoms with Crippen LogP contribution in [0.4, 0.5) is 0 Å². The molecule has 0 spiro atoms. The lowest BCUT2D eigenvalue weighted by atomic mass is 10.1. The van der Waals surface area contributed by atoms with Gasteiger partial charge in [-0.1, -0.05) is 18.2 Å². The van der Waals surface area contributed by atoms with Gasteiger partial charge in [0.1, 0.15) is 0 Å². The summed E-state index contributed by atoms with van der Waals surface area (Å²) in [6, 6.07) is 8.65. The minimum absolute atomic E-state index is 0.424. The van der Waals surface area contributed by atoms with Gasteiger partial charge in [-0.05, 0) is 31.0 Å². The number of aromatic nitrogens is 6. The molecule has 0 unspecified atom stereocenters. The summed E-state index contributed by atoms with van der Waals surface area (Å²) < 4.78 is 3.86. The zero-order valence-corrected chi connectivity index (χ0v) is 16.4. The summed E-state index contributed by atoms with van der Waals surface area (Å²) in [5.74, 6) is 0.711. The Balaban J connectivity index is 1.37. The second kappa shape index (κ2) is 7.60. The monoisotopic (exact) mass is 385 g/mol. The zero-order chi connectivity index (χ0) is 19.6. The lowest BCUT2D eigenvalue weighted by Crippen LogP contribution is -2.31. The van der Waals surface area contributed by atoms with Gasteiger partial charge in [-0.3, -0.25) is 9.36 Å². The van der Waals surface area contributed by atoms with Gasteiger partial charge in [0.25, 0.3) is 0 Å². The largest absolute Gasteiger partial charge is 0.315 e. The number of benzene rings is 1. The zero-order valence-electron chi connectivity index (χ0n) is 16.4. The molecule has 4 aromatic rings. The highest BCUT2D eigenvalue weighted by Gasteiger charge is 2.16. The molecule has 0 saturated carbocycles.